The van der Waals surface area contributed by atoms with E-state index in [-0.39, 0.29) is 22.9 Å². The molecule has 5 rings (SSSR count). The number of hydrogen-bond donors (Lipinski definition) is 4. The van der Waals surface area contributed by atoms with Crippen LogP contribution in [0.15, 0.2) is 91.0 Å². The number of carbonyl (C=O) groups is 1. The Kier molecular flexibility index (Phi) is 6.15. The number of benzene rings is 4. The fraction of sp³-hybridized carbons (Fsp3) is 0. The van der Waals surface area contributed by atoms with Crippen molar-refractivity contribution in [1.29, 1.82) is 0 Å². The lowest BCUT2D eigenvalue weighted by molar-refractivity contribution is 0.102. The molecule has 0 aliphatic heterocycles. The Morgan fingerprint density at radius 1 is 0.697 bits per heavy atom. The van der Waals surface area contributed by atoms with Gasteiger partial charge in [-0.3, -0.25) is 4.79 Å². The second-order valence-electron chi connectivity index (χ2n) is 7.56. The van der Waals surface area contributed by atoms with E-state index in [0.717, 1.165) is 33.2 Å². The predicted octanol–water partition coefficient (Wildman–Crippen LogP) is 6.13. The first-order valence-corrected chi connectivity index (χ1v) is 10.2. The van der Waals surface area contributed by atoms with Crippen LogP contribution in [0.2, 0.25) is 0 Å². The topological polar surface area (TPSA) is 106 Å². The number of anilines is 5. The number of hydrogen-bond acceptors (Lipinski definition) is 5. The van der Waals surface area contributed by atoms with Gasteiger partial charge in [-0.1, -0.05) is 18.2 Å². The van der Waals surface area contributed by atoms with Crippen LogP contribution in [0.3, 0.4) is 0 Å². The quantitative estimate of drug-likeness (QED) is 0.176. The lowest BCUT2D eigenvalue weighted by Gasteiger charge is -2.14. The maximum absolute atomic E-state index is 12.4. The minimum Gasteiger partial charge on any atom is -0.399 e. The maximum atomic E-state index is 12.4. The molecule has 1 amide bonds. The summed E-state index contributed by atoms with van der Waals surface area (Å²) in [5, 5.41) is 8.37. The fourth-order valence-corrected chi connectivity index (χ4v) is 3.66. The van der Waals surface area contributed by atoms with Gasteiger partial charge in [0, 0.05) is 39.1 Å². The molecule has 1 aromatic heterocycles. The van der Waals surface area contributed by atoms with Gasteiger partial charge in [-0.15, -0.1) is 17.0 Å². The molecule has 164 valence electrons. The number of pyridine rings is 1. The average Bonchev–Trinajstić information content (AvgIpc) is 2.81. The van der Waals surface area contributed by atoms with Gasteiger partial charge < -0.3 is 22.1 Å². The second-order valence-corrected chi connectivity index (χ2v) is 7.56. The third kappa shape index (κ3) is 4.58. The van der Waals surface area contributed by atoms with Crippen LogP contribution in [0.25, 0.3) is 21.8 Å². The van der Waals surface area contributed by atoms with E-state index in [9.17, 15) is 4.79 Å². The molecule has 0 atom stereocenters. The molecule has 33 heavy (non-hydrogen) atoms. The molecule has 0 radical (unpaired) electrons. The fourth-order valence-electron chi connectivity index (χ4n) is 3.66. The molecular weight excluding hydrogens is 478 g/mol. The zero-order chi connectivity index (χ0) is 22.1. The number of nitrogens with zero attached hydrogens (tertiary/aromatic N) is 1. The molecule has 0 aliphatic rings. The lowest BCUT2D eigenvalue weighted by atomic mass is 10.1. The molecule has 0 fully saturated rings. The summed E-state index contributed by atoms with van der Waals surface area (Å²) in [6.07, 6.45) is 0. The number of amides is 1. The Bertz CT molecular complexity index is 1450. The monoisotopic (exact) mass is 499 g/mol. The Hall–Kier alpha value is -4.10. The van der Waals surface area contributed by atoms with Crippen LogP contribution in [0.4, 0.5) is 28.4 Å². The van der Waals surface area contributed by atoms with E-state index in [1.54, 1.807) is 24.3 Å². The van der Waals surface area contributed by atoms with E-state index in [0.29, 0.717) is 22.6 Å². The van der Waals surface area contributed by atoms with Crippen molar-refractivity contribution in [3.05, 3.63) is 96.6 Å². The van der Waals surface area contributed by atoms with Crippen LogP contribution < -0.4 is 22.1 Å². The Labute approximate surface area is 201 Å². The van der Waals surface area contributed by atoms with Gasteiger partial charge in [-0.2, -0.15) is 0 Å². The number of nitrogens with two attached hydrogens (primary N) is 2. The average molecular weight is 500 g/mol. The summed E-state index contributed by atoms with van der Waals surface area (Å²) in [5.41, 5.74) is 17.9. The second kappa shape index (κ2) is 9.18. The van der Waals surface area contributed by atoms with E-state index in [1.807, 2.05) is 66.7 Å². The summed E-state index contributed by atoms with van der Waals surface area (Å²) in [4.78, 5) is 17.2. The largest absolute Gasteiger partial charge is 0.399 e. The normalized spacial score (nSPS) is 10.5. The van der Waals surface area contributed by atoms with E-state index < -0.39 is 0 Å². The Balaban J connectivity index is 0.00000259. The SMILES string of the molecule is Br.Nc1ccc(C(=O)Nc2ccc(Nc3c4ccccc4nc4ccc(N)cc34)cc2)cc1. The number of nitrogens with one attached hydrogen (secondary N) is 2. The molecule has 1 heterocycles. The van der Waals surface area contributed by atoms with Crippen LogP contribution in [0.1, 0.15) is 10.4 Å². The minimum absolute atomic E-state index is 0. The van der Waals surface area contributed by atoms with Gasteiger partial charge in [0.2, 0.25) is 0 Å². The zero-order valence-corrected chi connectivity index (χ0v) is 19.3. The molecule has 4 aromatic carbocycles. The minimum atomic E-state index is -0.188. The zero-order valence-electron chi connectivity index (χ0n) is 17.6. The molecule has 7 heteroatoms. The smallest absolute Gasteiger partial charge is 0.255 e. The van der Waals surface area contributed by atoms with Crippen LogP contribution in [0.5, 0.6) is 0 Å². The van der Waals surface area contributed by atoms with Crippen molar-refractivity contribution in [2.45, 2.75) is 0 Å². The number of rotatable bonds is 4. The predicted molar refractivity (Wildman–Crippen MR) is 143 cm³/mol. The number of carbonyl (C=O) groups excluding carboxylic acids is 1. The number of aromatic nitrogens is 1. The van der Waals surface area contributed by atoms with Gasteiger partial charge >= 0.3 is 0 Å². The van der Waals surface area contributed by atoms with Crippen molar-refractivity contribution in [3.8, 4) is 0 Å². The highest BCUT2D eigenvalue weighted by molar-refractivity contribution is 8.93. The first-order valence-electron chi connectivity index (χ1n) is 10.2. The molecule has 0 saturated heterocycles. The third-order valence-corrected chi connectivity index (χ3v) is 5.29. The van der Waals surface area contributed by atoms with E-state index in [4.69, 9.17) is 16.5 Å². The third-order valence-electron chi connectivity index (χ3n) is 5.29. The summed E-state index contributed by atoms with van der Waals surface area (Å²) in [6.45, 7) is 0. The van der Waals surface area contributed by atoms with E-state index >= 15 is 0 Å². The first-order chi connectivity index (χ1) is 15.6. The maximum Gasteiger partial charge on any atom is 0.255 e. The van der Waals surface area contributed by atoms with Crippen molar-refractivity contribution in [2.75, 3.05) is 22.1 Å². The molecular formula is C26H22BrN5O. The van der Waals surface area contributed by atoms with Crippen molar-refractivity contribution in [3.63, 3.8) is 0 Å². The van der Waals surface area contributed by atoms with Crippen LogP contribution in [0, 0.1) is 0 Å². The summed E-state index contributed by atoms with van der Waals surface area (Å²) in [5.74, 6) is -0.188. The molecule has 0 unspecified atom stereocenters. The summed E-state index contributed by atoms with van der Waals surface area (Å²) in [7, 11) is 0. The van der Waals surface area contributed by atoms with Crippen molar-refractivity contribution >= 4 is 73.1 Å². The molecule has 0 aliphatic carbocycles. The Morgan fingerprint density at radius 2 is 1.33 bits per heavy atom. The molecule has 0 saturated carbocycles. The highest BCUT2D eigenvalue weighted by atomic mass is 79.9. The van der Waals surface area contributed by atoms with E-state index in [2.05, 4.69) is 10.6 Å². The summed E-state index contributed by atoms with van der Waals surface area (Å²) >= 11 is 0. The summed E-state index contributed by atoms with van der Waals surface area (Å²) in [6, 6.07) is 28.1. The summed E-state index contributed by atoms with van der Waals surface area (Å²) < 4.78 is 0. The van der Waals surface area contributed by atoms with Gasteiger partial charge in [0.25, 0.3) is 5.91 Å². The number of nitrogen functional groups attached to an aromatic ring is 2. The first kappa shape index (κ1) is 22.1. The van der Waals surface area contributed by atoms with Crippen molar-refractivity contribution in [2.24, 2.45) is 0 Å². The van der Waals surface area contributed by atoms with Gasteiger partial charge in [0.1, 0.15) is 0 Å². The van der Waals surface area contributed by atoms with Crippen LogP contribution in [-0.4, -0.2) is 10.9 Å². The van der Waals surface area contributed by atoms with Gasteiger partial charge in [-0.05, 0) is 72.8 Å². The lowest BCUT2D eigenvalue weighted by Crippen LogP contribution is -2.11. The van der Waals surface area contributed by atoms with E-state index in [1.165, 1.54) is 0 Å². The van der Waals surface area contributed by atoms with Crippen LogP contribution in [-0.2, 0) is 0 Å². The van der Waals surface area contributed by atoms with Gasteiger partial charge in [0.15, 0.2) is 0 Å². The Morgan fingerprint density at radius 3 is 2.09 bits per heavy atom. The standard InChI is InChI=1S/C26H21N5O.BrH/c27-17-7-5-16(6-8-17)26(32)30-20-12-10-19(11-13-20)29-25-21-3-1-2-4-23(21)31-24-14-9-18(28)15-22(24)25;/h1-15H,27-28H2,(H,29,31)(H,30,32);1H. The number of para-hydroxylation sites is 1. The molecule has 6 N–H and O–H groups in total. The molecule has 0 spiro atoms. The molecule has 0 bridgehead atoms. The molecule has 6 nitrogen and oxygen atoms in total. The highest BCUT2D eigenvalue weighted by Gasteiger charge is 2.10. The van der Waals surface area contributed by atoms with Gasteiger partial charge in [-0.25, -0.2) is 4.98 Å². The van der Waals surface area contributed by atoms with Gasteiger partial charge in [0.05, 0.1) is 16.7 Å². The van der Waals surface area contributed by atoms with Crippen LogP contribution >= 0.6 is 17.0 Å². The molecule has 5 aromatic rings. The number of halogens is 1. The van der Waals surface area contributed by atoms with Crippen molar-refractivity contribution in [1.82, 2.24) is 4.98 Å². The number of fused-ring (bicyclic) bond motifs is 2. The highest BCUT2D eigenvalue weighted by Crippen LogP contribution is 2.34. The van der Waals surface area contributed by atoms with Crippen molar-refractivity contribution < 1.29 is 4.79 Å².